The molecule has 0 bridgehead atoms. The highest BCUT2D eigenvalue weighted by atomic mass is 16.5. The summed E-state index contributed by atoms with van der Waals surface area (Å²) in [6.07, 6.45) is 1.88. The first kappa shape index (κ1) is 25.7. The summed E-state index contributed by atoms with van der Waals surface area (Å²) in [6.45, 7) is 11.1. The third-order valence-corrected chi connectivity index (χ3v) is 8.64. The van der Waals surface area contributed by atoms with Gasteiger partial charge in [-0.2, -0.15) is 9.97 Å². The number of ether oxygens (including phenoxy) is 1. The quantitative estimate of drug-likeness (QED) is 0.373. The predicted octanol–water partition coefficient (Wildman–Crippen LogP) is 2.93. The lowest BCUT2D eigenvalue weighted by Crippen LogP contribution is -2.50. The number of anilines is 1. The number of aromatic nitrogens is 6. The van der Waals surface area contributed by atoms with Crippen molar-refractivity contribution in [3.8, 4) is 5.95 Å². The lowest BCUT2D eigenvalue weighted by atomic mass is 9.93. The molecule has 39 heavy (non-hydrogen) atoms. The molecule has 0 spiro atoms. The van der Waals surface area contributed by atoms with Gasteiger partial charge >= 0.3 is 0 Å². The molecule has 0 N–H and O–H groups in total. The summed E-state index contributed by atoms with van der Waals surface area (Å²) in [7, 11) is 3.96. The zero-order valence-corrected chi connectivity index (χ0v) is 23.5. The fraction of sp³-hybridized carbons (Fsp3) is 0.536. The number of amides is 1. The van der Waals surface area contributed by atoms with Gasteiger partial charge in [0.2, 0.25) is 11.9 Å². The van der Waals surface area contributed by atoms with Crippen LogP contribution in [0.15, 0.2) is 24.3 Å². The Labute approximate surface area is 229 Å². The second-order valence-electron chi connectivity index (χ2n) is 10.8. The van der Waals surface area contributed by atoms with Crippen molar-refractivity contribution in [1.29, 1.82) is 0 Å². The normalized spacial score (nSPS) is 20.4. The van der Waals surface area contributed by atoms with Gasteiger partial charge in [-0.05, 0) is 31.9 Å². The van der Waals surface area contributed by atoms with Gasteiger partial charge < -0.3 is 19.1 Å². The topological polar surface area (TPSA) is 97.4 Å². The lowest BCUT2D eigenvalue weighted by Gasteiger charge is -2.37. The minimum absolute atomic E-state index is 0. The van der Waals surface area contributed by atoms with Crippen molar-refractivity contribution < 1.29 is 11.0 Å². The average molecular weight is 534 g/mol. The zero-order chi connectivity index (χ0) is 27.3. The van der Waals surface area contributed by atoms with E-state index in [1.807, 2.05) is 48.7 Å². The largest absolute Gasteiger partial charge is 0.378 e. The van der Waals surface area contributed by atoms with Crippen molar-refractivity contribution in [3.63, 3.8) is 0 Å². The predicted molar refractivity (Wildman–Crippen MR) is 152 cm³/mol. The fourth-order valence-corrected chi connectivity index (χ4v) is 6.13. The molecule has 2 aliphatic heterocycles. The molecule has 1 atom stereocenters. The van der Waals surface area contributed by atoms with Crippen LogP contribution >= 0.6 is 0 Å². The maximum Gasteiger partial charge on any atom is 0.239 e. The van der Waals surface area contributed by atoms with Crippen LogP contribution in [0.2, 0.25) is 0 Å². The number of carbonyl (C=O) groups excluding carboxylic acids is 1. The number of hydrogen-bond acceptors (Lipinski definition) is 8. The minimum Gasteiger partial charge on any atom is -0.378 e. The summed E-state index contributed by atoms with van der Waals surface area (Å²) >= 11 is 0. The third-order valence-electron chi connectivity index (χ3n) is 8.64. The van der Waals surface area contributed by atoms with Gasteiger partial charge in [-0.3, -0.25) is 14.3 Å². The first-order valence-electron chi connectivity index (χ1n) is 13.8. The van der Waals surface area contributed by atoms with E-state index in [1.54, 1.807) is 6.92 Å². The Morgan fingerprint density at radius 1 is 1.13 bits per heavy atom. The summed E-state index contributed by atoms with van der Waals surface area (Å²) in [5, 5.41) is 0. The van der Waals surface area contributed by atoms with Gasteiger partial charge in [0.15, 0.2) is 17.0 Å². The van der Waals surface area contributed by atoms with Crippen molar-refractivity contribution in [2.24, 2.45) is 7.05 Å². The van der Waals surface area contributed by atoms with E-state index in [9.17, 15) is 4.79 Å². The molecule has 1 amide bonds. The second-order valence-corrected chi connectivity index (χ2v) is 10.8. The summed E-state index contributed by atoms with van der Waals surface area (Å²) in [5.74, 6) is 3.32. The van der Waals surface area contributed by atoms with E-state index >= 15 is 0 Å². The van der Waals surface area contributed by atoms with E-state index in [-0.39, 0.29) is 12.9 Å². The average Bonchev–Trinajstić information content (AvgIpc) is 3.61. The van der Waals surface area contributed by atoms with Crippen LogP contribution in [-0.2, 0) is 23.1 Å². The van der Waals surface area contributed by atoms with Crippen molar-refractivity contribution in [3.05, 3.63) is 35.9 Å². The molecule has 11 heteroatoms. The summed E-state index contributed by atoms with van der Waals surface area (Å²) in [5.41, 5.74) is 3.37. The van der Waals surface area contributed by atoms with E-state index in [2.05, 4.69) is 27.4 Å². The van der Waals surface area contributed by atoms with E-state index in [0.717, 1.165) is 78.7 Å². The number of aryl methyl sites for hydroxylation is 2. The number of hydrogen-bond donors (Lipinski definition) is 0. The Morgan fingerprint density at radius 2 is 1.90 bits per heavy atom. The molecule has 0 unspecified atom stereocenters. The van der Waals surface area contributed by atoms with Crippen molar-refractivity contribution in [2.45, 2.75) is 45.7 Å². The van der Waals surface area contributed by atoms with Crippen LogP contribution in [0.5, 0.6) is 0 Å². The van der Waals surface area contributed by atoms with Gasteiger partial charge in [0.25, 0.3) is 0 Å². The minimum atomic E-state index is -0.137. The van der Waals surface area contributed by atoms with Crippen LogP contribution in [0.4, 0.5) is 5.82 Å². The Bertz CT molecular complexity index is 1540. The van der Waals surface area contributed by atoms with Gasteiger partial charge in [-0.25, -0.2) is 9.97 Å². The number of likely N-dealkylation sites (N-methyl/N-ethyl adjacent to an activating group) is 1. The Morgan fingerprint density at radius 3 is 2.64 bits per heavy atom. The number of rotatable bonds is 6. The van der Waals surface area contributed by atoms with E-state index in [4.69, 9.17) is 24.7 Å². The molecule has 4 aromatic rings. The Hall–Kier alpha value is -3.57. The molecular weight excluding hydrogens is 494 g/mol. The Balaban J connectivity index is 0.00000323. The van der Waals surface area contributed by atoms with Crippen LogP contribution in [0, 0.1) is 6.92 Å². The highest BCUT2D eigenvalue weighted by Gasteiger charge is 2.41. The fourth-order valence-electron chi connectivity index (χ4n) is 6.13. The number of carbonyl (C=O) groups is 1. The van der Waals surface area contributed by atoms with Gasteiger partial charge in [-0.15, -0.1) is 0 Å². The smallest absolute Gasteiger partial charge is 0.239 e. The Kier molecular flexibility index (Phi) is 6.50. The SMILES string of the molecule is CC[C@]1(N(C)C(C)=O)CCN(Cc2nc3c(N4CCOCC4)nc(-n4c(C)nc5ccccc54)nc3n2C)C1.[HH]. The third kappa shape index (κ3) is 4.33. The van der Waals surface area contributed by atoms with E-state index in [1.165, 1.54) is 0 Å². The molecule has 2 aliphatic rings. The highest BCUT2D eigenvalue weighted by Crippen LogP contribution is 2.33. The molecular formula is C28H39N9O2. The number of para-hydroxylation sites is 2. The second kappa shape index (κ2) is 9.87. The van der Waals surface area contributed by atoms with Gasteiger partial charge in [-0.1, -0.05) is 19.1 Å². The number of likely N-dealkylation sites (tertiary alicyclic amines) is 1. The first-order chi connectivity index (χ1) is 18.8. The van der Waals surface area contributed by atoms with Crippen LogP contribution < -0.4 is 4.90 Å². The number of benzene rings is 1. The molecule has 2 fully saturated rings. The molecule has 208 valence electrons. The molecule has 1 aromatic carbocycles. The van der Waals surface area contributed by atoms with Crippen LogP contribution in [0.25, 0.3) is 28.1 Å². The van der Waals surface area contributed by atoms with Crippen LogP contribution in [0.3, 0.4) is 0 Å². The van der Waals surface area contributed by atoms with Crippen LogP contribution in [-0.4, -0.2) is 96.8 Å². The standard InChI is InChI=1S/C28H37N9O2.H2/c1-6-28(34(5)20(3)38)11-12-35(18-28)17-23-30-24-25(33(23)4)31-27(32-26(24)36-13-15-39-16-14-36)37-19(2)29-21-9-7-8-10-22(21)37;/h7-10H,6,11-18H2,1-5H3;1H/t28-;/m0./s1. The van der Waals surface area contributed by atoms with E-state index < -0.39 is 0 Å². The number of nitrogens with zero attached hydrogens (tertiary/aromatic N) is 9. The van der Waals surface area contributed by atoms with E-state index in [0.29, 0.717) is 25.7 Å². The van der Waals surface area contributed by atoms with Gasteiger partial charge in [0, 0.05) is 48.6 Å². The monoisotopic (exact) mass is 533 g/mol. The molecule has 6 rings (SSSR count). The summed E-state index contributed by atoms with van der Waals surface area (Å²) in [4.78, 5) is 38.8. The van der Waals surface area contributed by atoms with Crippen molar-refractivity contribution in [1.82, 2.24) is 38.9 Å². The molecule has 0 aliphatic carbocycles. The molecule has 0 saturated carbocycles. The summed E-state index contributed by atoms with van der Waals surface area (Å²) in [6, 6.07) is 8.07. The molecule has 3 aromatic heterocycles. The van der Waals surface area contributed by atoms with Crippen molar-refractivity contribution in [2.75, 3.05) is 51.3 Å². The molecule has 5 heterocycles. The first-order valence-corrected chi connectivity index (χ1v) is 13.8. The van der Waals surface area contributed by atoms with Gasteiger partial charge in [0.1, 0.15) is 11.6 Å². The number of imidazole rings is 2. The van der Waals surface area contributed by atoms with Crippen LogP contribution in [0.1, 0.15) is 39.8 Å². The lowest BCUT2D eigenvalue weighted by molar-refractivity contribution is -0.133. The summed E-state index contributed by atoms with van der Waals surface area (Å²) < 4.78 is 9.76. The number of fused-ring (bicyclic) bond motifs is 2. The van der Waals surface area contributed by atoms with Gasteiger partial charge in [0.05, 0.1) is 36.3 Å². The maximum atomic E-state index is 12.2. The zero-order valence-electron chi connectivity index (χ0n) is 23.5. The highest BCUT2D eigenvalue weighted by molar-refractivity contribution is 5.86. The van der Waals surface area contributed by atoms with Crippen molar-refractivity contribution >= 4 is 33.9 Å². The number of morpholine rings is 1. The maximum absolute atomic E-state index is 12.2. The molecule has 2 saturated heterocycles. The molecule has 11 nitrogen and oxygen atoms in total. The molecule has 0 radical (unpaired) electrons.